The van der Waals surface area contributed by atoms with Crippen LogP contribution in [0.1, 0.15) is 10.4 Å². The Balaban J connectivity index is 2.13. The fourth-order valence-corrected chi connectivity index (χ4v) is 1.60. The largest absolute Gasteiger partial charge is 0.351 e. The number of benzene rings is 1. The van der Waals surface area contributed by atoms with Gasteiger partial charge in [-0.15, -0.1) is 0 Å². The maximum Gasteiger partial charge on any atom is 0.252 e. The van der Waals surface area contributed by atoms with Gasteiger partial charge >= 0.3 is 0 Å². The first kappa shape index (κ1) is 12.3. The maximum atomic E-state index is 11.6. The van der Waals surface area contributed by atoms with Crippen LogP contribution in [0.5, 0.6) is 0 Å². The molecule has 0 aliphatic carbocycles. The summed E-state index contributed by atoms with van der Waals surface area (Å²) in [6.07, 6.45) is 1.58. The number of nitrogens with two attached hydrogens (primary N) is 1. The van der Waals surface area contributed by atoms with E-state index in [0.29, 0.717) is 18.7 Å². The van der Waals surface area contributed by atoms with Crippen LogP contribution in [-0.2, 0) is 0 Å². The molecule has 1 aromatic heterocycles. The molecule has 0 fully saturated rings. The standard InChI is InChI=1S/C14H15N3O/c15-8-9-16-14(18)12-6-7-13(17-10-12)11-4-2-1-3-5-11/h1-7,10H,8-9,15H2,(H,16,18). The van der Waals surface area contributed by atoms with Crippen LogP contribution >= 0.6 is 0 Å². The predicted molar refractivity (Wildman–Crippen MR) is 71.1 cm³/mol. The normalized spacial score (nSPS) is 10.1. The summed E-state index contributed by atoms with van der Waals surface area (Å²) in [5, 5.41) is 2.70. The SMILES string of the molecule is NCCNC(=O)c1ccc(-c2ccccc2)nc1. The number of nitrogens with one attached hydrogen (secondary N) is 1. The van der Waals surface area contributed by atoms with Crippen molar-refractivity contribution in [1.29, 1.82) is 0 Å². The molecule has 3 N–H and O–H groups in total. The molecule has 0 atom stereocenters. The van der Waals surface area contributed by atoms with Gasteiger partial charge in [-0.3, -0.25) is 9.78 Å². The smallest absolute Gasteiger partial charge is 0.252 e. The molecule has 0 bridgehead atoms. The number of amides is 1. The summed E-state index contributed by atoms with van der Waals surface area (Å²) >= 11 is 0. The molecule has 0 aliphatic rings. The molecule has 0 aliphatic heterocycles. The average molecular weight is 241 g/mol. The fourth-order valence-electron chi connectivity index (χ4n) is 1.60. The van der Waals surface area contributed by atoms with Crippen molar-refractivity contribution in [3.8, 4) is 11.3 Å². The minimum atomic E-state index is -0.146. The van der Waals surface area contributed by atoms with Crippen LogP contribution in [0.15, 0.2) is 48.7 Å². The summed E-state index contributed by atoms with van der Waals surface area (Å²) in [6, 6.07) is 13.4. The molecule has 92 valence electrons. The highest BCUT2D eigenvalue weighted by atomic mass is 16.1. The Kier molecular flexibility index (Phi) is 4.04. The van der Waals surface area contributed by atoms with Gasteiger partial charge in [0.1, 0.15) is 0 Å². The van der Waals surface area contributed by atoms with E-state index in [9.17, 15) is 4.79 Å². The number of nitrogens with zero attached hydrogens (tertiary/aromatic N) is 1. The maximum absolute atomic E-state index is 11.6. The van der Waals surface area contributed by atoms with Crippen LogP contribution in [0.25, 0.3) is 11.3 Å². The van der Waals surface area contributed by atoms with Gasteiger partial charge in [-0.1, -0.05) is 30.3 Å². The van der Waals surface area contributed by atoms with Crippen molar-refractivity contribution in [3.05, 3.63) is 54.2 Å². The Morgan fingerprint density at radius 1 is 1.17 bits per heavy atom. The van der Waals surface area contributed by atoms with Gasteiger partial charge in [-0.25, -0.2) is 0 Å². The highest BCUT2D eigenvalue weighted by molar-refractivity contribution is 5.94. The van der Waals surface area contributed by atoms with Crippen molar-refractivity contribution in [2.75, 3.05) is 13.1 Å². The van der Waals surface area contributed by atoms with E-state index in [-0.39, 0.29) is 5.91 Å². The van der Waals surface area contributed by atoms with E-state index in [1.807, 2.05) is 36.4 Å². The molecule has 0 saturated heterocycles. The van der Waals surface area contributed by atoms with Gasteiger partial charge < -0.3 is 11.1 Å². The van der Waals surface area contributed by atoms with E-state index in [1.165, 1.54) is 0 Å². The molecule has 18 heavy (non-hydrogen) atoms. The van der Waals surface area contributed by atoms with Crippen LogP contribution in [0.2, 0.25) is 0 Å². The number of rotatable bonds is 4. The van der Waals surface area contributed by atoms with Crippen molar-refractivity contribution in [2.45, 2.75) is 0 Å². The van der Waals surface area contributed by atoms with E-state index in [1.54, 1.807) is 12.3 Å². The lowest BCUT2D eigenvalue weighted by Crippen LogP contribution is -2.29. The Morgan fingerprint density at radius 2 is 1.94 bits per heavy atom. The molecule has 0 radical (unpaired) electrons. The monoisotopic (exact) mass is 241 g/mol. The lowest BCUT2D eigenvalue weighted by Gasteiger charge is -2.04. The van der Waals surface area contributed by atoms with Crippen molar-refractivity contribution >= 4 is 5.91 Å². The van der Waals surface area contributed by atoms with Gasteiger partial charge in [0, 0.05) is 24.8 Å². The predicted octanol–water partition coefficient (Wildman–Crippen LogP) is 1.44. The Hall–Kier alpha value is -2.20. The van der Waals surface area contributed by atoms with Gasteiger partial charge in [-0.05, 0) is 12.1 Å². The molecular weight excluding hydrogens is 226 g/mol. The van der Waals surface area contributed by atoms with E-state index in [0.717, 1.165) is 11.3 Å². The third-order valence-corrected chi connectivity index (χ3v) is 2.53. The molecule has 0 unspecified atom stereocenters. The molecule has 2 aromatic rings. The zero-order valence-electron chi connectivity index (χ0n) is 9.97. The lowest BCUT2D eigenvalue weighted by atomic mass is 10.1. The van der Waals surface area contributed by atoms with Crippen molar-refractivity contribution < 1.29 is 4.79 Å². The van der Waals surface area contributed by atoms with Crippen LogP contribution < -0.4 is 11.1 Å². The number of carbonyl (C=O) groups is 1. The highest BCUT2D eigenvalue weighted by Crippen LogP contribution is 2.15. The van der Waals surface area contributed by atoms with Crippen LogP contribution in [0.3, 0.4) is 0 Å². The second-order valence-corrected chi connectivity index (χ2v) is 3.84. The summed E-state index contributed by atoms with van der Waals surface area (Å²) in [5.74, 6) is -0.146. The summed E-state index contributed by atoms with van der Waals surface area (Å²) in [7, 11) is 0. The van der Waals surface area contributed by atoms with Crippen LogP contribution in [0.4, 0.5) is 0 Å². The van der Waals surface area contributed by atoms with Gasteiger partial charge in [0.15, 0.2) is 0 Å². The number of aromatic nitrogens is 1. The summed E-state index contributed by atoms with van der Waals surface area (Å²) in [4.78, 5) is 15.9. The van der Waals surface area contributed by atoms with Crippen LogP contribution in [0, 0.1) is 0 Å². The molecule has 1 heterocycles. The van der Waals surface area contributed by atoms with Crippen molar-refractivity contribution in [1.82, 2.24) is 10.3 Å². The number of carbonyl (C=O) groups excluding carboxylic acids is 1. The molecule has 4 nitrogen and oxygen atoms in total. The zero-order chi connectivity index (χ0) is 12.8. The molecule has 1 aromatic carbocycles. The highest BCUT2D eigenvalue weighted by Gasteiger charge is 2.05. The van der Waals surface area contributed by atoms with Gasteiger partial charge in [0.2, 0.25) is 0 Å². The van der Waals surface area contributed by atoms with Gasteiger partial charge in [-0.2, -0.15) is 0 Å². The van der Waals surface area contributed by atoms with Gasteiger partial charge in [0.25, 0.3) is 5.91 Å². The van der Waals surface area contributed by atoms with Crippen molar-refractivity contribution in [2.24, 2.45) is 5.73 Å². The molecule has 1 amide bonds. The summed E-state index contributed by atoms with van der Waals surface area (Å²) in [5.41, 5.74) is 7.76. The van der Waals surface area contributed by atoms with E-state index in [4.69, 9.17) is 5.73 Å². The Bertz CT molecular complexity index is 508. The van der Waals surface area contributed by atoms with Gasteiger partial charge in [0.05, 0.1) is 11.3 Å². The average Bonchev–Trinajstić information content (AvgIpc) is 2.46. The second-order valence-electron chi connectivity index (χ2n) is 3.84. The number of pyridine rings is 1. The lowest BCUT2D eigenvalue weighted by molar-refractivity contribution is 0.0954. The first-order chi connectivity index (χ1) is 8.81. The van der Waals surface area contributed by atoms with Crippen molar-refractivity contribution in [3.63, 3.8) is 0 Å². The Labute approximate surface area is 106 Å². The molecule has 0 saturated carbocycles. The molecule has 4 heteroatoms. The third-order valence-electron chi connectivity index (χ3n) is 2.53. The molecular formula is C14H15N3O. The quantitative estimate of drug-likeness (QED) is 0.851. The van der Waals surface area contributed by atoms with E-state index < -0.39 is 0 Å². The van der Waals surface area contributed by atoms with E-state index in [2.05, 4.69) is 10.3 Å². The second kappa shape index (κ2) is 5.93. The zero-order valence-corrected chi connectivity index (χ0v) is 9.97. The third kappa shape index (κ3) is 2.93. The minimum Gasteiger partial charge on any atom is -0.351 e. The van der Waals surface area contributed by atoms with E-state index >= 15 is 0 Å². The number of hydrogen-bond acceptors (Lipinski definition) is 3. The van der Waals surface area contributed by atoms with Crippen LogP contribution in [-0.4, -0.2) is 24.0 Å². The summed E-state index contributed by atoms with van der Waals surface area (Å²) < 4.78 is 0. The first-order valence-electron chi connectivity index (χ1n) is 5.81. The Morgan fingerprint density at radius 3 is 2.56 bits per heavy atom. The summed E-state index contributed by atoms with van der Waals surface area (Å²) in [6.45, 7) is 0.903. The first-order valence-corrected chi connectivity index (χ1v) is 5.81. The topological polar surface area (TPSA) is 68.0 Å². The fraction of sp³-hybridized carbons (Fsp3) is 0.143. The number of hydrogen-bond donors (Lipinski definition) is 2. The molecule has 2 rings (SSSR count). The molecule has 0 spiro atoms. The minimum absolute atomic E-state index is 0.146.